The molecular weight excluding hydrogens is 422 g/mol. The van der Waals surface area contributed by atoms with Crippen molar-refractivity contribution in [1.82, 2.24) is 15.3 Å². The Kier molecular flexibility index (Phi) is 4.42. The summed E-state index contributed by atoms with van der Waals surface area (Å²) in [4.78, 5) is 32.4. The molecule has 0 bridgehead atoms. The van der Waals surface area contributed by atoms with E-state index in [1.807, 2.05) is 31.2 Å². The van der Waals surface area contributed by atoms with Crippen LogP contribution in [0, 0.1) is 6.92 Å². The van der Waals surface area contributed by atoms with Crippen LogP contribution in [0.5, 0.6) is 17.2 Å². The Morgan fingerprint density at radius 3 is 3.00 bits per heavy atom. The van der Waals surface area contributed by atoms with Gasteiger partial charge in [-0.2, -0.15) is 0 Å². The second-order valence-electron chi connectivity index (χ2n) is 8.41. The predicted molar refractivity (Wildman–Crippen MR) is 120 cm³/mol. The Morgan fingerprint density at radius 2 is 2.12 bits per heavy atom. The van der Waals surface area contributed by atoms with Gasteiger partial charge < -0.3 is 25.4 Å². The van der Waals surface area contributed by atoms with E-state index in [-0.39, 0.29) is 30.0 Å². The highest BCUT2D eigenvalue weighted by Gasteiger charge is 2.59. The summed E-state index contributed by atoms with van der Waals surface area (Å²) >= 11 is 0. The first-order valence-electron chi connectivity index (χ1n) is 10.8. The summed E-state index contributed by atoms with van der Waals surface area (Å²) in [5, 5.41) is 8.62. The number of nitrogens with zero attached hydrogens (tertiary/aromatic N) is 2. The Hall–Kier alpha value is -4.14. The third kappa shape index (κ3) is 3.51. The van der Waals surface area contributed by atoms with Gasteiger partial charge in [-0.25, -0.2) is 9.78 Å². The number of pyridine rings is 2. The smallest absolute Gasteiger partial charge is 0.319 e. The molecule has 33 heavy (non-hydrogen) atoms. The van der Waals surface area contributed by atoms with Crippen LogP contribution in [0.15, 0.2) is 48.9 Å². The first-order valence-corrected chi connectivity index (χ1v) is 10.8. The molecule has 3 unspecified atom stereocenters. The Bertz CT molecular complexity index is 1290. The average Bonchev–Trinajstić information content (AvgIpc) is 3.31. The minimum absolute atomic E-state index is 0.0390. The minimum atomic E-state index is -0.284. The molecule has 2 aromatic heterocycles. The number of carbonyl (C=O) groups is 2. The second-order valence-corrected chi connectivity index (χ2v) is 8.41. The number of hydrogen-bond acceptors (Lipinski definition) is 6. The third-order valence-electron chi connectivity index (χ3n) is 6.24. The largest absolute Gasteiger partial charge is 0.487 e. The summed E-state index contributed by atoms with van der Waals surface area (Å²) in [5.74, 6) is 2.74. The molecule has 9 heteroatoms. The van der Waals surface area contributed by atoms with Gasteiger partial charge in [0.2, 0.25) is 5.91 Å². The van der Waals surface area contributed by atoms with Crippen LogP contribution in [-0.4, -0.2) is 34.1 Å². The Labute approximate surface area is 189 Å². The van der Waals surface area contributed by atoms with Gasteiger partial charge in [0.15, 0.2) is 0 Å². The molecule has 0 radical (unpaired) electrons. The zero-order valence-corrected chi connectivity index (χ0v) is 17.8. The van der Waals surface area contributed by atoms with Crippen LogP contribution < -0.4 is 25.4 Å². The molecule has 1 aliphatic carbocycles. The molecule has 3 atom stereocenters. The van der Waals surface area contributed by atoms with E-state index in [9.17, 15) is 9.59 Å². The van der Waals surface area contributed by atoms with Gasteiger partial charge in [-0.3, -0.25) is 9.78 Å². The van der Waals surface area contributed by atoms with Gasteiger partial charge >= 0.3 is 6.03 Å². The van der Waals surface area contributed by atoms with Crippen LogP contribution in [0.1, 0.15) is 29.0 Å². The molecular formula is C24H21N5O4. The molecule has 0 saturated heterocycles. The lowest BCUT2D eigenvalue weighted by molar-refractivity contribution is -0.116. The highest BCUT2D eigenvalue weighted by molar-refractivity contribution is 5.93. The zero-order chi connectivity index (χ0) is 22.5. The fraction of sp³-hybridized carbons (Fsp3) is 0.250. The molecule has 2 aliphatic heterocycles. The van der Waals surface area contributed by atoms with Crippen LogP contribution in [0.4, 0.5) is 16.3 Å². The number of anilines is 2. The fourth-order valence-corrected chi connectivity index (χ4v) is 4.46. The Morgan fingerprint density at radius 1 is 1.21 bits per heavy atom. The minimum Gasteiger partial charge on any atom is -0.487 e. The van der Waals surface area contributed by atoms with Crippen molar-refractivity contribution in [2.45, 2.75) is 37.8 Å². The number of urea groups is 1. The standard InChI is InChI=1S/C24H21N5O4/c1-12-6-8-25-11-16(12)27-24(31)29-21-20-15-10-13(2-4-17(15)33-22(20)21)32-18-7-9-26-23-14(18)3-5-19(30)28-23/h2,4,6-11,20-22H,3,5H2,1H3,(H,26,28,30)(H2,27,29,31). The van der Waals surface area contributed by atoms with E-state index in [2.05, 4.69) is 25.9 Å². The molecule has 0 spiro atoms. The quantitative estimate of drug-likeness (QED) is 0.569. The van der Waals surface area contributed by atoms with Crippen LogP contribution >= 0.6 is 0 Å². The van der Waals surface area contributed by atoms with Crippen LogP contribution in [0.2, 0.25) is 0 Å². The van der Waals surface area contributed by atoms with Gasteiger partial charge in [-0.1, -0.05) is 0 Å². The summed E-state index contributed by atoms with van der Waals surface area (Å²) in [6, 6.07) is 8.97. The van der Waals surface area contributed by atoms with E-state index >= 15 is 0 Å². The predicted octanol–water partition coefficient (Wildman–Crippen LogP) is 3.51. The molecule has 6 rings (SSSR count). The maximum Gasteiger partial charge on any atom is 0.319 e. The van der Waals surface area contributed by atoms with Crippen molar-refractivity contribution in [3.05, 3.63) is 65.6 Å². The van der Waals surface area contributed by atoms with Gasteiger partial charge in [0.25, 0.3) is 0 Å². The monoisotopic (exact) mass is 443 g/mol. The van der Waals surface area contributed by atoms with E-state index in [0.29, 0.717) is 35.8 Å². The Balaban J connectivity index is 1.16. The van der Waals surface area contributed by atoms with Gasteiger partial charge in [-0.15, -0.1) is 0 Å². The van der Waals surface area contributed by atoms with E-state index in [1.54, 1.807) is 24.7 Å². The second kappa shape index (κ2) is 7.47. The lowest BCUT2D eigenvalue weighted by Crippen LogP contribution is -2.34. The average molecular weight is 443 g/mol. The fourth-order valence-electron chi connectivity index (χ4n) is 4.46. The maximum absolute atomic E-state index is 12.5. The number of aryl methyl sites for hydroxylation is 1. The number of nitrogens with one attached hydrogen (secondary N) is 3. The van der Waals surface area contributed by atoms with Gasteiger partial charge in [0.05, 0.1) is 23.8 Å². The number of rotatable bonds is 4. The number of ether oxygens (including phenoxy) is 2. The number of benzene rings is 1. The van der Waals surface area contributed by atoms with Crippen molar-refractivity contribution in [3.8, 4) is 17.2 Å². The van der Waals surface area contributed by atoms with Gasteiger partial charge in [0, 0.05) is 29.9 Å². The molecule has 1 aromatic carbocycles. The van der Waals surface area contributed by atoms with Gasteiger partial charge in [-0.05, 0) is 49.2 Å². The lowest BCUT2D eigenvalue weighted by Gasteiger charge is -2.19. The van der Waals surface area contributed by atoms with Gasteiger partial charge in [0.1, 0.15) is 29.2 Å². The lowest BCUT2D eigenvalue weighted by atomic mass is 10.1. The van der Waals surface area contributed by atoms with Crippen molar-refractivity contribution in [2.75, 3.05) is 10.6 Å². The number of aromatic nitrogens is 2. The van der Waals surface area contributed by atoms with Crippen molar-refractivity contribution in [3.63, 3.8) is 0 Å². The van der Waals surface area contributed by atoms with E-state index < -0.39 is 0 Å². The molecule has 3 N–H and O–H groups in total. The molecule has 3 amide bonds. The molecule has 1 saturated carbocycles. The van der Waals surface area contributed by atoms with Crippen molar-refractivity contribution in [1.29, 1.82) is 0 Å². The first kappa shape index (κ1) is 19.5. The van der Waals surface area contributed by atoms with Crippen LogP contribution in [0.25, 0.3) is 0 Å². The highest BCUT2D eigenvalue weighted by atomic mass is 16.5. The molecule has 9 nitrogen and oxygen atoms in total. The van der Waals surface area contributed by atoms with Crippen molar-refractivity contribution < 1.29 is 19.1 Å². The summed E-state index contributed by atoms with van der Waals surface area (Å²) in [6.45, 7) is 1.91. The number of amides is 3. The molecule has 3 aromatic rings. The topological polar surface area (TPSA) is 114 Å². The summed E-state index contributed by atoms with van der Waals surface area (Å²) in [7, 11) is 0. The summed E-state index contributed by atoms with van der Waals surface area (Å²) < 4.78 is 12.2. The highest BCUT2D eigenvalue weighted by Crippen LogP contribution is 2.54. The summed E-state index contributed by atoms with van der Waals surface area (Å²) in [5.41, 5.74) is 3.52. The molecule has 166 valence electrons. The first-order chi connectivity index (χ1) is 16.1. The number of fused-ring (bicyclic) bond motifs is 4. The number of hydrogen-bond donors (Lipinski definition) is 3. The van der Waals surface area contributed by atoms with Crippen LogP contribution in [-0.2, 0) is 11.2 Å². The van der Waals surface area contributed by atoms with Crippen molar-refractivity contribution >= 4 is 23.4 Å². The SMILES string of the molecule is Cc1ccncc1NC(=O)NC1C2Oc3ccc(Oc4ccnc5c4CCC(=O)N5)cc3C12. The van der Waals surface area contributed by atoms with E-state index in [0.717, 1.165) is 22.4 Å². The van der Waals surface area contributed by atoms with Crippen molar-refractivity contribution in [2.24, 2.45) is 0 Å². The zero-order valence-electron chi connectivity index (χ0n) is 17.8. The van der Waals surface area contributed by atoms with E-state index in [4.69, 9.17) is 9.47 Å². The third-order valence-corrected chi connectivity index (χ3v) is 6.24. The molecule has 4 heterocycles. The number of carbonyl (C=O) groups excluding carboxylic acids is 2. The van der Waals surface area contributed by atoms with Crippen LogP contribution in [0.3, 0.4) is 0 Å². The molecule has 1 fully saturated rings. The maximum atomic E-state index is 12.5. The normalized spacial score (nSPS) is 21.6. The molecule has 3 aliphatic rings. The van der Waals surface area contributed by atoms with E-state index in [1.165, 1.54) is 0 Å². The summed E-state index contributed by atoms with van der Waals surface area (Å²) in [6.07, 6.45) is 5.84.